The molecule has 8 heteroatoms. The molecule has 0 unspecified atom stereocenters. The molecular weight excluding hydrogens is 338 g/mol. The lowest BCUT2D eigenvalue weighted by Gasteiger charge is -2.10. The van der Waals surface area contributed by atoms with Gasteiger partial charge in [-0.05, 0) is 12.1 Å². The van der Waals surface area contributed by atoms with Crippen LogP contribution in [-0.4, -0.2) is 34.0 Å². The topological polar surface area (TPSA) is 106 Å². The molecule has 1 heterocycles. The van der Waals surface area contributed by atoms with E-state index in [1.54, 1.807) is 18.2 Å². The number of amides is 1. The number of rotatable bonds is 6. The van der Waals surface area contributed by atoms with Gasteiger partial charge in [-0.2, -0.15) is 0 Å². The fourth-order valence-corrected chi connectivity index (χ4v) is 2.76. The van der Waals surface area contributed by atoms with Crippen LogP contribution >= 0.6 is 11.8 Å². The molecule has 3 rings (SSSR count). The summed E-state index contributed by atoms with van der Waals surface area (Å²) in [6.07, 6.45) is 0. The summed E-state index contributed by atoms with van der Waals surface area (Å²) in [7, 11) is 1.53. The Bertz CT molecular complexity index is 866. The third kappa shape index (κ3) is 4.30. The first-order valence-corrected chi connectivity index (χ1v) is 8.48. The highest BCUT2D eigenvalue weighted by Crippen LogP contribution is 2.27. The molecule has 128 valence electrons. The fourth-order valence-electron chi connectivity index (χ4n) is 2.16. The maximum Gasteiger partial charge on any atom is 0.234 e. The molecule has 0 saturated carbocycles. The second-order valence-electron chi connectivity index (χ2n) is 5.13. The van der Waals surface area contributed by atoms with Gasteiger partial charge in [0.25, 0.3) is 0 Å². The molecule has 0 atom stereocenters. The summed E-state index contributed by atoms with van der Waals surface area (Å²) in [6.45, 7) is 0. The standard InChI is InChI=1S/C17H17N5O2S/c1-24-14-9-12(18)7-8-13(14)19-15(23)10-25-17-20-16(21-22-17)11-5-3-2-4-6-11/h2-9H,10,18H2,1H3,(H,19,23)(H,20,21,22). The molecule has 4 N–H and O–H groups in total. The zero-order chi connectivity index (χ0) is 17.6. The average Bonchev–Trinajstić information content (AvgIpc) is 3.11. The molecule has 0 aliphatic heterocycles. The zero-order valence-corrected chi connectivity index (χ0v) is 14.3. The molecule has 0 radical (unpaired) electrons. The smallest absolute Gasteiger partial charge is 0.234 e. The summed E-state index contributed by atoms with van der Waals surface area (Å²) < 4.78 is 5.21. The number of H-pyrrole nitrogens is 1. The second-order valence-corrected chi connectivity index (χ2v) is 6.07. The summed E-state index contributed by atoms with van der Waals surface area (Å²) in [5.74, 6) is 1.19. The molecule has 2 aromatic carbocycles. The van der Waals surface area contributed by atoms with Gasteiger partial charge in [0.2, 0.25) is 11.1 Å². The Balaban J connectivity index is 1.59. The van der Waals surface area contributed by atoms with Crippen molar-refractivity contribution in [1.82, 2.24) is 15.2 Å². The number of hydrogen-bond acceptors (Lipinski definition) is 6. The quantitative estimate of drug-likeness (QED) is 0.464. The first kappa shape index (κ1) is 16.8. The largest absolute Gasteiger partial charge is 0.494 e. The maximum atomic E-state index is 12.1. The Morgan fingerprint density at radius 3 is 2.84 bits per heavy atom. The van der Waals surface area contributed by atoms with Crippen molar-refractivity contribution >= 4 is 29.0 Å². The molecule has 0 aliphatic rings. The molecule has 3 aromatic rings. The number of nitrogen functional groups attached to an aromatic ring is 1. The average molecular weight is 355 g/mol. The number of nitrogens with two attached hydrogens (primary N) is 1. The Hall–Kier alpha value is -3.00. The third-order valence-electron chi connectivity index (χ3n) is 3.34. The van der Waals surface area contributed by atoms with Crippen LogP contribution in [0.3, 0.4) is 0 Å². The summed E-state index contributed by atoms with van der Waals surface area (Å²) in [5.41, 5.74) is 7.78. The van der Waals surface area contributed by atoms with Crippen molar-refractivity contribution in [2.45, 2.75) is 5.16 Å². The highest BCUT2D eigenvalue weighted by Gasteiger charge is 2.11. The number of carbonyl (C=O) groups excluding carboxylic acids is 1. The van der Waals surface area contributed by atoms with E-state index in [2.05, 4.69) is 20.5 Å². The molecule has 0 aliphatic carbocycles. The third-order valence-corrected chi connectivity index (χ3v) is 4.19. The molecule has 1 aromatic heterocycles. The van der Waals surface area contributed by atoms with Gasteiger partial charge in [-0.15, -0.1) is 5.10 Å². The number of anilines is 2. The minimum absolute atomic E-state index is 0.180. The van der Waals surface area contributed by atoms with E-state index in [9.17, 15) is 4.79 Å². The van der Waals surface area contributed by atoms with Crippen LogP contribution in [0.4, 0.5) is 11.4 Å². The van der Waals surface area contributed by atoms with Gasteiger partial charge in [-0.25, -0.2) is 4.98 Å². The Kier molecular flexibility index (Phi) is 5.20. The number of thioether (sulfide) groups is 1. The number of aromatic nitrogens is 3. The summed E-state index contributed by atoms with van der Waals surface area (Å²) in [5, 5.41) is 10.3. The predicted octanol–water partition coefficient (Wildman–Crippen LogP) is 2.79. The highest BCUT2D eigenvalue weighted by molar-refractivity contribution is 7.99. The van der Waals surface area contributed by atoms with Crippen LogP contribution in [0.2, 0.25) is 0 Å². The van der Waals surface area contributed by atoms with Crippen LogP contribution in [0.5, 0.6) is 5.75 Å². The predicted molar refractivity (Wildman–Crippen MR) is 98.6 cm³/mol. The molecule has 7 nitrogen and oxygen atoms in total. The number of hydrogen-bond donors (Lipinski definition) is 3. The van der Waals surface area contributed by atoms with Crippen molar-refractivity contribution in [1.29, 1.82) is 0 Å². The second kappa shape index (κ2) is 7.71. The minimum Gasteiger partial charge on any atom is -0.494 e. The Labute approximate surface area is 149 Å². The number of aromatic amines is 1. The Morgan fingerprint density at radius 1 is 1.28 bits per heavy atom. The van der Waals surface area contributed by atoms with Gasteiger partial charge in [0.1, 0.15) is 5.75 Å². The van der Waals surface area contributed by atoms with Crippen molar-refractivity contribution in [3.05, 3.63) is 48.5 Å². The minimum atomic E-state index is -0.181. The first-order valence-electron chi connectivity index (χ1n) is 7.49. The Morgan fingerprint density at radius 2 is 2.08 bits per heavy atom. The van der Waals surface area contributed by atoms with Gasteiger partial charge in [0.05, 0.1) is 18.6 Å². The molecule has 25 heavy (non-hydrogen) atoms. The van der Waals surface area contributed by atoms with Gasteiger partial charge >= 0.3 is 0 Å². The van der Waals surface area contributed by atoms with Gasteiger partial charge in [-0.3, -0.25) is 9.89 Å². The molecular formula is C17H17N5O2S. The number of benzene rings is 2. The number of carbonyl (C=O) groups is 1. The lowest BCUT2D eigenvalue weighted by Crippen LogP contribution is -2.14. The number of nitrogens with zero attached hydrogens (tertiary/aromatic N) is 2. The van der Waals surface area contributed by atoms with Crippen molar-refractivity contribution in [2.24, 2.45) is 0 Å². The number of ether oxygens (including phenoxy) is 1. The monoisotopic (exact) mass is 355 g/mol. The van der Waals surface area contributed by atoms with Crippen molar-refractivity contribution in [2.75, 3.05) is 23.9 Å². The van der Waals surface area contributed by atoms with E-state index in [4.69, 9.17) is 10.5 Å². The van der Waals surface area contributed by atoms with E-state index in [0.29, 0.717) is 28.1 Å². The van der Waals surface area contributed by atoms with Crippen LogP contribution in [0.25, 0.3) is 11.4 Å². The number of nitrogens with one attached hydrogen (secondary N) is 2. The van der Waals surface area contributed by atoms with Crippen molar-refractivity contribution in [3.63, 3.8) is 0 Å². The van der Waals surface area contributed by atoms with Crippen LogP contribution < -0.4 is 15.8 Å². The van der Waals surface area contributed by atoms with E-state index in [0.717, 1.165) is 5.56 Å². The van der Waals surface area contributed by atoms with Gasteiger partial charge in [0.15, 0.2) is 5.82 Å². The van der Waals surface area contributed by atoms with Crippen molar-refractivity contribution < 1.29 is 9.53 Å². The molecule has 0 bridgehead atoms. The lowest BCUT2D eigenvalue weighted by molar-refractivity contribution is -0.113. The first-order chi connectivity index (χ1) is 12.2. The maximum absolute atomic E-state index is 12.1. The van der Waals surface area contributed by atoms with Gasteiger partial charge in [-0.1, -0.05) is 42.1 Å². The fraction of sp³-hybridized carbons (Fsp3) is 0.118. The lowest BCUT2D eigenvalue weighted by atomic mass is 10.2. The SMILES string of the molecule is COc1cc(N)ccc1NC(=O)CSc1n[nH]c(-c2ccccc2)n1. The van der Waals surface area contributed by atoms with Crippen LogP contribution in [-0.2, 0) is 4.79 Å². The zero-order valence-electron chi connectivity index (χ0n) is 13.5. The van der Waals surface area contributed by atoms with E-state index in [1.165, 1.54) is 18.9 Å². The normalized spacial score (nSPS) is 10.4. The van der Waals surface area contributed by atoms with Gasteiger partial charge in [0, 0.05) is 17.3 Å². The molecule has 0 saturated heterocycles. The van der Waals surface area contributed by atoms with Crippen LogP contribution in [0.1, 0.15) is 0 Å². The molecule has 1 amide bonds. The number of methoxy groups -OCH3 is 1. The van der Waals surface area contributed by atoms with E-state index in [-0.39, 0.29) is 11.7 Å². The van der Waals surface area contributed by atoms with Crippen LogP contribution in [0.15, 0.2) is 53.7 Å². The van der Waals surface area contributed by atoms with E-state index in [1.807, 2.05) is 30.3 Å². The molecule has 0 fully saturated rings. The summed E-state index contributed by atoms with van der Waals surface area (Å²) in [4.78, 5) is 16.5. The summed E-state index contributed by atoms with van der Waals surface area (Å²) in [6, 6.07) is 14.7. The molecule has 0 spiro atoms. The van der Waals surface area contributed by atoms with Gasteiger partial charge < -0.3 is 15.8 Å². The highest BCUT2D eigenvalue weighted by atomic mass is 32.2. The van der Waals surface area contributed by atoms with Crippen LogP contribution in [0, 0.1) is 0 Å². The van der Waals surface area contributed by atoms with Crippen molar-refractivity contribution in [3.8, 4) is 17.1 Å². The summed E-state index contributed by atoms with van der Waals surface area (Å²) >= 11 is 1.25. The van der Waals surface area contributed by atoms with E-state index < -0.39 is 0 Å². The van der Waals surface area contributed by atoms with E-state index >= 15 is 0 Å².